The van der Waals surface area contributed by atoms with Gasteiger partial charge in [-0.05, 0) is 12.1 Å². The van der Waals surface area contributed by atoms with Gasteiger partial charge < -0.3 is 10.2 Å². The maximum atomic E-state index is 10.5. The number of nitrogens with two attached hydrogens (primary N) is 2. The Bertz CT molecular complexity index is 320. The molecule has 1 aromatic rings. The van der Waals surface area contributed by atoms with E-state index in [-0.39, 0.29) is 11.1 Å². The molecule has 0 unspecified atom stereocenters. The molecule has 0 fully saturated rings. The van der Waals surface area contributed by atoms with Gasteiger partial charge in [-0.2, -0.15) is 5.53 Å². The number of carboxylic acid groups (broad SMARTS) is 2. The first-order chi connectivity index (χ1) is 7.04. The van der Waals surface area contributed by atoms with Gasteiger partial charge in [0, 0.05) is 0 Å². The lowest BCUT2D eigenvalue weighted by Crippen LogP contribution is -2.29. The van der Waals surface area contributed by atoms with Gasteiger partial charge in [0.05, 0.1) is 11.1 Å². The minimum absolute atomic E-state index is 0.190. The molecular weight excluding hydrogens is 202 g/mol. The SMILES string of the molecule is NNN.O=C(O)c1ccccc1C(=O)O. The minimum Gasteiger partial charge on any atom is -0.478 e. The first-order valence-electron chi connectivity index (χ1n) is 3.76. The van der Waals surface area contributed by atoms with E-state index in [9.17, 15) is 9.59 Å². The molecule has 0 bridgehead atoms. The third-order valence-electron chi connectivity index (χ3n) is 1.39. The summed E-state index contributed by atoms with van der Waals surface area (Å²) in [4.78, 5) is 20.9. The molecule has 1 rings (SSSR count). The zero-order chi connectivity index (χ0) is 11.8. The normalized spacial score (nSPS) is 8.67. The average Bonchev–Trinajstić information content (AvgIpc) is 2.19. The van der Waals surface area contributed by atoms with Gasteiger partial charge in [0.1, 0.15) is 0 Å². The van der Waals surface area contributed by atoms with Crippen molar-refractivity contribution in [2.45, 2.75) is 0 Å². The summed E-state index contributed by atoms with van der Waals surface area (Å²) >= 11 is 0. The van der Waals surface area contributed by atoms with E-state index >= 15 is 0 Å². The Balaban J connectivity index is 0.000000583. The number of carboxylic acids is 2. The van der Waals surface area contributed by atoms with Crippen molar-refractivity contribution in [1.82, 2.24) is 5.53 Å². The Morgan fingerprint density at radius 2 is 1.27 bits per heavy atom. The Kier molecular flexibility index (Phi) is 5.64. The highest BCUT2D eigenvalue weighted by Gasteiger charge is 2.13. The number of carbonyl (C=O) groups is 2. The largest absolute Gasteiger partial charge is 0.478 e. The molecule has 0 saturated heterocycles. The summed E-state index contributed by atoms with van der Waals surface area (Å²) in [5.74, 6) is 6.29. The van der Waals surface area contributed by atoms with Crippen LogP contribution < -0.4 is 17.2 Å². The molecule has 0 saturated carbocycles. The van der Waals surface area contributed by atoms with Crippen LogP contribution in [0, 0.1) is 0 Å². The average molecular weight is 213 g/mol. The van der Waals surface area contributed by atoms with Crippen molar-refractivity contribution in [3.8, 4) is 0 Å². The third-order valence-corrected chi connectivity index (χ3v) is 1.39. The Morgan fingerprint density at radius 3 is 1.47 bits per heavy atom. The summed E-state index contributed by atoms with van der Waals surface area (Å²) in [5.41, 5.74) is 1.37. The number of rotatable bonds is 2. The van der Waals surface area contributed by atoms with E-state index in [1.807, 2.05) is 0 Å². The smallest absolute Gasteiger partial charge is 0.336 e. The molecule has 7 nitrogen and oxygen atoms in total. The van der Waals surface area contributed by atoms with Crippen molar-refractivity contribution >= 4 is 11.9 Å². The van der Waals surface area contributed by atoms with Crippen LogP contribution >= 0.6 is 0 Å². The van der Waals surface area contributed by atoms with Gasteiger partial charge in [-0.25, -0.2) is 9.59 Å². The topological polar surface area (TPSA) is 139 Å². The van der Waals surface area contributed by atoms with E-state index in [0.717, 1.165) is 0 Å². The molecule has 0 aliphatic heterocycles. The molecule has 7 heteroatoms. The molecule has 1 aromatic carbocycles. The lowest BCUT2D eigenvalue weighted by atomic mass is 10.1. The summed E-state index contributed by atoms with van der Waals surface area (Å²) in [6.45, 7) is 0. The van der Waals surface area contributed by atoms with Gasteiger partial charge in [-0.15, -0.1) is 0 Å². The molecular formula is C8H11N3O4. The quantitative estimate of drug-likeness (QED) is 0.326. The van der Waals surface area contributed by atoms with Crippen molar-refractivity contribution < 1.29 is 19.8 Å². The van der Waals surface area contributed by atoms with E-state index in [0.29, 0.717) is 0 Å². The van der Waals surface area contributed by atoms with Gasteiger partial charge in [0.15, 0.2) is 0 Å². The number of hydrazine groups is 2. The molecule has 0 amide bonds. The van der Waals surface area contributed by atoms with Crippen LogP contribution in [0.4, 0.5) is 0 Å². The Labute approximate surface area is 85.2 Å². The highest BCUT2D eigenvalue weighted by atomic mass is 16.4. The predicted octanol–water partition coefficient (Wildman–Crippen LogP) is -0.594. The fourth-order valence-electron chi connectivity index (χ4n) is 0.856. The molecule has 0 atom stereocenters. The zero-order valence-electron chi connectivity index (χ0n) is 7.68. The molecule has 0 heterocycles. The van der Waals surface area contributed by atoms with Crippen LogP contribution in [0.3, 0.4) is 0 Å². The zero-order valence-corrected chi connectivity index (χ0v) is 7.68. The molecule has 0 aromatic heterocycles. The fraction of sp³-hybridized carbons (Fsp3) is 0. The standard InChI is InChI=1S/C8H6O4.H5N3/c9-7(10)5-3-1-2-4-6(5)8(11)12;1-3-2/h1-4H,(H,9,10)(H,11,12);3H,1-2H2. The van der Waals surface area contributed by atoms with E-state index < -0.39 is 11.9 Å². The van der Waals surface area contributed by atoms with Crippen LogP contribution in [0.5, 0.6) is 0 Å². The molecule has 15 heavy (non-hydrogen) atoms. The van der Waals surface area contributed by atoms with E-state index in [1.54, 1.807) is 5.53 Å². The summed E-state index contributed by atoms with van der Waals surface area (Å²) in [6.07, 6.45) is 0. The highest BCUT2D eigenvalue weighted by molar-refractivity contribution is 6.01. The first kappa shape index (κ1) is 13.0. The van der Waals surface area contributed by atoms with Crippen LogP contribution in [0.1, 0.15) is 20.7 Å². The van der Waals surface area contributed by atoms with Crippen molar-refractivity contribution in [1.29, 1.82) is 0 Å². The van der Waals surface area contributed by atoms with Crippen LogP contribution in [-0.4, -0.2) is 22.2 Å². The number of hydrogen-bond donors (Lipinski definition) is 5. The summed E-state index contributed by atoms with van der Waals surface area (Å²) in [7, 11) is 0. The molecule has 7 N–H and O–H groups in total. The maximum absolute atomic E-state index is 10.5. The first-order valence-corrected chi connectivity index (χ1v) is 3.76. The maximum Gasteiger partial charge on any atom is 0.336 e. The van der Waals surface area contributed by atoms with Gasteiger partial charge in [-0.3, -0.25) is 11.7 Å². The van der Waals surface area contributed by atoms with Gasteiger partial charge in [0.25, 0.3) is 0 Å². The van der Waals surface area contributed by atoms with Crippen molar-refractivity contribution in [2.75, 3.05) is 0 Å². The molecule has 82 valence electrons. The van der Waals surface area contributed by atoms with Gasteiger partial charge in [0.2, 0.25) is 0 Å². The number of benzene rings is 1. The molecule has 0 aliphatic rings. The summed E-state index contributed by atoms with van der Waals surface area (Å²) < 4.78 is 0. The second-order valence-electron chi connectivity index (χ2n) is 2.32. The van der Waals surface area contributed by atoms with Crippen LogP contribution in [-0.2, 0) is 0 Å². The van der Waals surface area contributed by atoms with E-state index in [4.69, 9.17) is 10.2 Å². The number of nitrogens with one attached hydrogen (secondary N) is 1. The summed E-state index contributed by atoms with van der Waals surface area (Å²) in [5, 5.41) is 17.1. The van der Waals surface area contributed by atoms with Gasteiger partial charge in [-0.1, -0.05) is 12.1 Å². The predicted molar refractivity (Wildman–Crippen MR) is 51.9 cm³/mol. The van der Waals surface area contributed by atoms with Crippen LogP contribution in [0.25, 0.3) is 0 Å². The van der Waals surface area contributed by atoms with E-state index in [2.05, 4.69) is 11.7 Å². The van der Waals surface area contributed by atoms with Crippen LogP contribution in [0.15, 0.2) is 24.3 Å². The Morgan fingerprint density at radius 1 is 1.00 bits per heavy atom. The lowest BCUT2D eigenvalue weighted by molar-refractivity contribution is 0.0651. The minimum atomic E-state index is -1.23. The van der Waals surface area contributed by atoms with Crippen molar-refractivity contribution in [3.63, 3.8) is 0 Å². The highest BCUT2D eigenvalue weighted by Crippen LogP contribution is 2.07. The van der Waals surface area contributed by atoms with Crippen LogP contribution in [0.2, 0.25) is 0 Å². The van der Waals surface area contributed by atoms with Gasteiger partial charge >= 0.3 is 11.9 Å². The monoisotopic (exact) mass is 213 g/mol. The van der Waals surface area contributed by atoms with Crippen molar-refractivity contribution in [2.24, 2.45) is 11.7 Å². The molecule has 0 spiro atoms. The molecule has 0 radical (unpaired) electrons. The summed E-state index contributed by atoms with van der Waals surface area (Å²) in [6, 6.07) is 5.48. The van der Waals surface area contributed by atoms with E-state index in [1.165, 1.54) is 24.3 Å². The second kappa shape index (κ2) is 6.49. The number of aromatic carboxylic acids is 2. The second-order valence-corrected chi connectivity index (χ2v) is 2.32. The molecule has 0 aliphatic carbocycles. The Hall–Kier alpha value is -1.96. The third kappa shape index (κ3) is 4.18. The fourth-order valence-corrected chi connectivity index (χ4v) is 0.856. The lowest BCUT2D eigenvalue weighted by Gasteiger charge is -1.98. The number of hydrogen-bond acceptors (Lipinski definition) is 5. The van der Waals surface area contributed by atoms with Crippen molar-refractivity contribution in [3.05, 3.63) is 35.4 Å².